The zero-order valence-electron chi connectivity index (χ0n) is 11.1. The average Bonchev–Trinajstić information content (AvgIpc) is 2.28. The molecule has 1 fully saturated rings. The van der Waals surface area contributed by atoms with Gasteiger partial charge in [-0.1, -0.05) is 12.5 Å². The zero-order chi connectivity index (χ0) is 13.0. The third kappa shape index (κ3) is 3.96. The van der Waals surface area contributed by atoms with E-state index in [-0.39, 0.29) is 0 Å². The van der Waals surface area contributed by atoms with Crippen molar-refractivity contribution in [3.63, 3.8) is 0 Å². The van der Waals surface area contributed by atoms with Crippen LogP contribution in [0.5, 0.6) is 0 Å². The van der Waals surface area contributed by atoms with Gasteiger partial charge in [-0.25, -0.2) is 5.01 Å². The standard InChI is InChI=1S/C14H21N3S/c1-11-8-12(2)10-13(9-11)15-14(18)16-17-6-4-3-5-7-17/h8-10H,3-7H2,1-2H3,(H2,15,16,18). The molecule has 1 aromatic carbocycles. The Bertz CT molecular complexity index is 405. The van der Waals surface area contributed by atoms with Crippen molar-refractivity contribution in [1.29, 1.82) is 0 Å². The van der Waals surface area contributed by atoms with Crippen LogP contribution in [0, 0.1) is 13.8 Å². The predicted molar refractivity (Wildman–Crippen MR) is 80.7 cm³/mol. The fourth-order valence-corrected chi connectivity index (χ4v) is 2.60. The molecule has 1 aliphatic rings. The summed E-state index contributed by atoms with van der Waals surface area (Å²) in [6.45, 7) is 6.35. The Hall–Kier alpha value is -1.13. The lowest BCUT2D eigenvalue weighted by atomic mass is 10.1. The summed E-state index contributed by atoms with van der Waals surface area (Å²) in [7, 11) is 0. The monoisotopic (exact) mass is 263 g/mol. The lowest BCUT2D eigenvalue weighted by Crippen LogP contribution is -2.46. The van der Waals surface area contributed by atoms with E-state index in [1.807, 2.05) is 0 Å². The highest BCUT2D eigenvalue weighted by Gasteiger charge is 2.10. The summed E-state index contributed by atoms with van der Waals surface area (Å²) in [5, 5.41) is 6.13. The van der Waals surface area contributed by atoms with Crippen LogP contribution in [0.15, 0.2) is 18.2 Å². The molecule has 18 heavy (non-hydrogen) atoms. The SMILES string of the molecule is Cc1cc(C)cc(NC(=S)NN2CCCCC2)c1. The fourth-order valence-electron chi connectivity index (χ4n) is 2.36. The second-order valence-corrected chi connectivity index (χ2v) is 5.40. The molecule has 1 heterocycles. The molecule has 1 aromatic rings. The molecule has 4 heteroatoms. The van der Waals surface area contributed by atoms with Gasteiger partial charge in [0.1, 0.15) is 0 Å². The number of piperidine rings is 1. The molecule has 1 saturated heterocycles. The maximum atomic E-state index is 5.34. The first-order valence-corrected chi connectivity index (χ1v) is 6.95. The van der Waals surface area contributed by atoms with Crippen molar-refractivity contribution in [3.05, 3.63) is 29.3 Å². The van der Waals surface area contributed by atoms with Gasteiger partial charge in [-0.05, 0) is 62.2 Å². The summed E-state index contributed by atoms with van der Waals surface area (Å²) >= 11 is 5.34. The van der Waals surface area contributed by atoms with Crippen LogP contribution >= 0.6 is 12.2 Å². The molecule has 0 saturated carbocycles. The Morgan fingerprint density at radius 3 is 2.28 bits per heavy atom. The van der Waals surface area contributed by atoms with Crippen LogP contribution in [0.2, 0.25) is 0 Å². The van der Waals surface area contributed by atoms with Crippen LogP contribution in [0.25, 0.3) is 0 Å². The van der Waals surface area contributed by atoms with Gasteiger partial charge < -0.3 is 5.32 Å². The topological polar surface area (TPSA) is 27.3 Å². The molecule has 0 amide bonds. The first-order valence-electron chi connectivity index (χ1n) is 6.54. The van der Waals surface area contributed by atoms with E-state index in [2.05, 4.69) is 47.8 Å². The van der Waals surface area contributed by atoms with Crippen molar-refractivity contribution < 1.29 is 0 Å². The Labute approximate surface area is 115 Å². The minimum atomic E-state index is 0.682. The van der Waals surface area contributed by atoms with E-state index in [0.29, 0.717) is 5.11 Å². The average molecular weight is 263 g/mol. The molecule has 0 atom stereocenters. The second-order valence-electron chi connectivity index (χ2n) is 4.99. The van der Waals surface area contributed by atoms with Gasteiger partial charge in [-0.15, -0.1) is 0 Å². The third-order valence-corrected chi connectivity index (χ3v) is 3.29. The summed E-state index contributed by atoms with van der Waals surface area (Å²) < 4.78 is 0. The largest absolute Gasteiger partial charge is 0.332 e. The van der Waals surface area contributed by atoms with E-state index in [0.717, 1.165) is 18.8 Å². The normalized spacial score (nSPS) is 16.3. The highest BCUT2D eigenvalue weighted by atomic mass is 32.1. The first-order chi connectivity index (χ1) is 8.63. The quantitative estimate of drug-likeness (QED) is 0.802. The number of nitrogens with one attached hydrogen (secondary N) is 2. The minimum Gasteiger partial charge on any atom is -0.332 e. The van der Waals surface area contributed by atoms with Crippen LogP contribution < -0.4 is 10.7 Å². The van der Waals surface area contributed by atoms with Crippen molar-refractivity contribution in [2.45, 2.75) is 33.1 Å². The smallest absolute Gasteiger partial charge is 0.185 e. The van der Waals surface area contributed by atoms with Gasteiger partial charge in [-0.2, -0.15) is 0 Å². The summed E-state index contributed by atoms with van der Waals surface area (Å²) in [5.74, 6) is 0. The van der Waals surface area contributed by atoms with Crippen molar-refractivity contribution in [1.82, 2.24) is 10.4 Å². The molecule has 0 aromatic heterocycles. The maximum absolute atomic E-state index is 5.34. The van der Waals surface area contributed by atoms with Crippen LogP contribution in [0.4, 0.5) is 5.69 Å². The molecule has 2 rings (SSSR count). The van der Waals surface area contributed by atoms with E-state index in [9.17, 15) is 0 Å². The number of hydrogen-bond donors (Lipinski definition) is 2. The van der Waals surface area contributed by atoms with Crippen molar-refractivity contribution in [2.24, 2.45) is 0 Å². The molecule has 0 spiro atoms. The van der Waals surface area contributed by atoms with Gasteiger partial charge in [0, 0.05) is 18.8 Å². The number of anilines is 1. The maximum Gasteiger partial charge on any atom is 0.185 e. The molecule has 0 unspecified atom stereocenters. The van der Waals surface area contributed by atoms with Crippen LogP contribution in [-0.4, -0.2) is 23.2 Å². The summed E-state index contributed by atoms with van der Waals surface area (Å²) in [6.07, 6.45) is 3.83. The first kappa shape index (κ1) is 13.3. The number of benzene rings is 1. The molecule has 2 N–H and O–H groups in total. The lowest BCUT2D eigenvalue weighted by molar-refractivity contribution is 0.196. The number of aryl methyl sites for hydroxylation is 2. The molecule has 0 bridgehead atoms. The Kier molecular flexibility index (Phi) is 4.55. The van der Waals surface area contributed by atoms with Gasteiger partial charge >= 0.3 is 0 Å². The van der Waals surface area contributed by atoms with Crippen molar-refractivity contribution >= 4 is 23.0 Å². The Morgan fingerprint density at radius 2 is 1.67 bits per heavy atom. The molecular weight excluding hydrogens is 242 g/mol. The molecule has 98 valence electrons. The zero-order valence-corrected chi connectivity index (χ0v) is 11.9. The van der Waals surface area contributed by atoms with Crippen LogP contribution in [0.3, 0.4) is 0 Å². The molecule has 0 radical (unpaired) electrons. The predicted octanol–water partition coefficient (Wildman–Crippen LogP) is 2.99. The summed E-state index contributed by atoms with van der Waals surface area (Å²) in [6, 6.07) is 6.38. The van der Waals surface area contributed by atoms with Crippen molar-refractivity contribution in [2.75, 3.05) is 18.4 Å². The van der Waals surface area contributed by atoms with Gasteiger partial charge in [0.2, 0.25) is 0 Å². The Balaban J connectivity index is 1.89. The van der Waals surface area contributed by atoms with Crippen LogP contribution in [-0.2, 0) is 0 Å². The van der Waals surface area contributed by atoms with Crippen LogP contribution in [0.1, 0.15) is 30.4 Å². The highest BCUT2D eigenvalue weighted by Crippen LogP contribution is 2.13. The van der Waals surface area contributed by atoms with Gasteiger partial charge in [0.05, 0.1) is 0 Å². The van der Waals surface area contributed by atoms with E-state index in [1.54, 1.807) is 0 Å². The highest BCUT2D eigenvalue weighted by molar-refractivity contribution is 7.80. The molecule has 3 nitrogen and oxygen atoms in total. The van der Waals surface area contributed by atoms with Crippen molar-refractivity contribution in [3.8, 4) is 0 Å². The summed E-state index contributed by atoms with van der Waals surface area (Å²) in [5.41, 5.74) is 6.81. The number of nitrogens with zero attached hydrogens (tertiary/aromatic N) is 1. The van der Waals surface area contributed by atoms with E-state index < -0.39 is 0 Å². The number of hydrogen-bond acceptors (Lipinski definition) is 2. The molecule has 1 aliphatic heterocycles. The van der Waals surface area contributed by atoms with E-state index in [1.165, 1.54) is 30.4 Å². The number of hydrazine groups is 1. The second kappa shape index (κ2) is 6.16. The van der Waals surface area contributed by atoms with E-state index >= 15 is 0 Å². The third-order valence-electron chi connectivity index (χ3n) is 3.10. The Morgan fingerprint density at radius 1 is 1.06 bits per heavy atom. The number of rotatable bonds is 2. The minimum absolute atomic E-state index is 0.682. The fraction of sp³-hybridized carbons (Fsp3) is 0.500. The summed E-state index contributed by atoms with van der Waals surface area (Å²) in [4.78, 5) is 0. The van der Waals surface area contributed by atoms with Gasteiger partial charge in [0.15, 0.2) is 5.11 Å². The van der Waals surface area contributed by atoms with Gasteiger partial charge in [-0.3, -0.25) is 5.43 Å². The molecular formula is C14H21N3S. The number of thiocarbonyl (C=S) groups is 1. The van der Waals surface area contributed by atoms with E-state index in [4.69, 9.17) is 12.2 Å². The van der Waals surface area contributed by atoms with Gasteiger partial charge in [0.25, 0.3) is 0 Å². The lowest BCUT2D eigenvalue weighted by Gasteiger charge is -2.28. The molecule has 0 aliphatic carbocycles.